The average Bonchev–Trinajstić information content (AvgIpc) is 2.04. The van der Waals surface area contributed by atoms with Gasteiger partial charge in [0.05, 0.1) is 0 Å². The highest BCUT2D eigenvalue weighted by Crippen LogP contribution is 2.11. The van der Waals surface area contributed by atoms with Crippen molar-refractivity contribution in [2.75, 3.05) is 26.8 Å². The van der Waals surface area contributed by atoms with E-state index >= 15 is 0 Å². The van der Waals surface area contributed by atoms with Crippen LogP contribution >= 0.6 is 0 Å². The Hall–Kier alpha value is -0.410. The molecule has 0 bridgehead atoms. The van der Waals surface area contributed by atoms with Gasteiger partial charge < -0.3 is 0 Å². The summed E-state index contributed by atoms with van der Waals surface area (Å²) in [5.74, 6) is 0. The smallest absolute Gasteiger partial charge is 0.0486 e. The van der Waals surface area contributed by atoms with Gasteiger partial charge in [0.1, 0.15) is 0 Å². The summed E-state index contributed by atoms with van der Waals surface area (Å²) in [4.78, 5) is 6.78. The molecule has 0 aromatic heterocycles. The summed E-state index contributed by atoms with van der Waals surface area (Å²) < 4.78 is 0. The van der Waals surface area contributed by atoms with E-state index in [2.05, 4.69) is 22.3 Å². The molecule has 2 rings (SSSR count). The maximum Gasteiger partial charge on any atom is 0.0486 e. The van der Waals surface area contributed by atoms with Crippen LogP contribution in [0.5, 0.6) is 0 Å². The van der Waals surface area contributed by atoms with Crippen molar-refractivity contribution in [3.8, 4) is 0 Å². The zero-order chi connectivity index (χ0) is 7.68. The minimum atomic E-state index is 0.597. The Morgan fingerprint density at radius 2 is 2.55 bits per heavy atom. The summed E-state index contributed by atoms with van der Waals surface area (Å²) in [7, 11) is 2.13. The van der Waals surface area contributed by atoms with Gasteiger partial charge in [-0.15, -0.1) is 0 Å². The Labute approximate surface area is 67.5 Å². The topological polar surface area (TPSA) is 27.6 Å². The lowest BCUT2D eigenvalue weighted by Crippen LogP contribution is -2.53. The first-order valence-electron chi connectivity index (χ1n) is 4.31. The molecule has 1 unspecified atom stereocenters. The van der Waals surface area contributed by atoms with Crippen LogP contribution in [0, 0.1) is 0 Å². The Balaban J connectivity index is 2.07. The molecule has 0 spiro atoms. The highest BCUT2D eigenvalue weighted by Gasteiger charge is 2.23. The van der Waals surface area contributed by atoms with E-state index in [1.165, 1.54) is 18.6 Å². The fraction of sp³-hybridized carbons (Fsp3) is 0.875. The molecule has 2 heterocycles. The number of hydrogen-bond donors (Lipinski definition) is 1. The van der Waals surface area contributed by atoms with Crippen LogP contribution in [0.3, 0.4) is 0 Å². The number of fused-ring (bicyclic) bond motifs is 1. The monoisotopic (exact) mass is 153 g/mol. The van der Waals surface area contributed by atoms with Gasteiger partial charge in [-0.1, -0.05) is 0 Å². The summed E-state index contributed by atoms with van der Waals surface area (Å²) in [6.45, 7) is 3.13. The third kappa shape index (κ3) is 1.44. The van der Waals surface area contributed by atoms with Gasteiger partial charge in [0, 0.05) is 31.5 Å². The lowest BCUT2D eigenvalue weighted by atomic mass is 10.0. The van der Waals surface area contributed by atoms with Crippen molar-refractivity contribution in [3.05, 3.63) is 0 Å². The van der Waals surface area contributed by atoms with Crippen LogP contribution in [0.1, 0.15) is 12.8 Å². The zero-order valence-corrected chi connectivity index (χ0v) is 7.01. The fourth-order valence-electron chi connectivity index (χ4n) is 1.77. The van der Waals surface area contributed by atoms with Gasteiger partial charge in [0.25, 0.3) is 0 Å². The molecule has 0 saturated carbocycles. The molecule has 0 aliphatic carbocycles. The van der Waals surface area contributed by atoms with E-state index in [9.17, 15) is 0 Å². The second kappa shape index (κ2) is 2.91. The molecule has 2 aliphatic heterocycles. The summed E-state index contributed by atoms with van der Waals surface area (Å²) in [6, 6.07) is 0.597. The molecule has 11 heavy (non-hydrogen) atoms. The van der Waals surface area contributed by atoms with Gasteiger partial charge in [-0.2, -0.15) is 0 Å². The SMILES string of the molecule is CN1CNC2CCCN=C2C1. The van der Waals surface area contributed by atoms with Crippen LogP contribution < -0.4 is 5.32 Å². The van der Waals surface area contributed by atoms with E-state index < -0.39 is 0 Å². The van der Waals surface area contributed by atoms with Gasteiger partial charge in [-0.25, -0.2) is 0 Å². The standard InChI is InChI=1S/C8H15N3/c1-11-5-8-7(10-6-11)3-2-4-9-8/h7,10H,2-6H2,1H3. The van der Waals surface area contributed by atoms with E-state index in [1.54, 1.807) is 0 Å². The van der Waals surface area contributed by atoms with Gasteiger partial charge in [-0.3, -0.25) is 15.2 Å². The molecule has 1 N–H and O–H groups in total. The van der Waals surface area contributed by atoms with Crippen molar-refractivity contribution in [2.45, 2.75) is 18.9 Å². The van der Waals surface area contributed by atoms with E-state index in [0.717, 1.165) is 19.8 Å². The van der Waals surface area contributed by atoms with Crippen LogP contribution in [-0.2, 0) is 0 Å². The third-order valence-electron chi connectivity index (χ3n) is 2.41. The van der Waals surface area contributed by atoms with E-state index in [4.69, 9.17) is 0 Å². The predicted molar refractivity (Wildman–Crippen MR) is 46.0 cm³/mol. The van der Waals surface area contributed by atoms with Gasteiger partial charge in [-0.05, 0) is 19.9 Å². The molecular formula is C8H15N3. The normalized spacial score (nSPS) is 32.8. The minimum Gasteiger partial charge on any atom is -0.296 e. The highest BCUT2D eigenvalue weighted by atomic mass is 15.2. The summed E-state index contributed by atoms with van der Waals surface area (Å²) in [5, 5.41) is 3.47. The molecule has 1 saturated heterocycles. The van der Waals surface area contributed by atoms with E-state index in [1.807, 2.05) is 0 Å². The Kier molecular flexibility index (Phi) is 1.92. The number of rotatable bonds is 0. The first-order valence-corrected chi connectivity index (χ1v) is 4.31. The van der Waals surface area contributed by atoms with Crippen LogP contribution in [-0.4, -0.2) is 43.5 Å². The molecule has 0 aromatic rings. The molecule has 1 atom stereocenters. The van der Waals surface area contributed by atoms with E-state index in [-0.39, 0.29) is 0 Å². The van der Waals surface area contributed by atoms with Crippen molar-refractivity contribution in [1.82, 2.24) is 10.2 Å². The second-order valence-electron chi connectivity index (χ2n) is 3.44. The number of hydrogen-bond acceptors (Lipinski definition) is 3. The summed E-state index contributed by atoms with van der Waals surface area (Å²) >= 11 is 0. The molecule has 3 nitrogen and oxygen atoms in total. The van der Waals surface area contributed by atoms with Gasteiger partial charge in [0.15, 0.2) is 0 Å². The number of nitrogens with one attached hydrogen (secondary N) is 1. The van der Waals surface area contributed by atoms with Crippen LogP contribution in [0.15, 0.2) is 4.99 Å². The summed E-state index contributed by atoms with van der Waals surface area (Å²) in [5.41, 5.74) is 1.37. The van der Waals surface area contributed by atoms with E-state index in [0.29, 0.717) is 6.04 Å². The maximum absolute atomic E-state index is 4.51. The molecule has 0 radical (unpaired) electrons. The van der Waals surface area contributed by atoms with Gasteiger partial charge >= 0.3 is 0 Å². The molecule has 62 valence electrons. The molecule has 1 fully saturated rings. The van der Waals surface area contributed by atoms with Crippen molar-refractivity contribution in [3.63, 3.8) is 0 Å². The molecule has 3 heteroatoms. The Morgan fingerprint density at radius 1 is 1.64 bits per heavy atom. The maximum atomic E-state index is 4.51. The quantitative estimate of drug-likeness (QED) is 0.534. The Bertz CT molecular complexity index is 176. The van der Waals surface area contributed by atoms with Gasteiger partial charge in [0.2, 0.25) is 0 Å². The third-order valence-corrected chi connectivity index (χ3v) is 2.41. The molecule has 0 aromatic carbocycles. The minimum absolute atomic E-state index is 0.597. The molecule has 0 amide bonds. The van der Waals surface area contributed by atoms with Crippen LogP contribution in [0.4, 0.5) is 0 Å². The highest BCUT2D eigenvalue weighted by molar-refractivity contribution is 5.92. The summed E-state index contributed by atoms with van der Waals surface area (Å²) in [6.07, 6.45) is 2.54. The van der Waals surface area contributed by atoms with Crippen LogP contribution in [0.2, 0.25) is 0 Å². The van der Waals surface area contributed by atoms with Crippen molar-refractivity contribution >= 4 is 5.71 Å². The fourth-order valence-corrected chi connectivity index (χ4v) is 1.77. The predicted octanol–water partition coefficient (Wildman–Crippen LogP) is 0.0823. The number of aliphatic imine (C=N–C) groups is 1. The number of nitrogens with zero attached hydrogens (tertiary/aromatic N) is 2. The largest absolute Gasteiger partial charge is 0.296 e. The first-order chi connectivity index (χ1) is 5.36. The molecule has 2 aliphatic rings. The van der Waals surface area contributed by atoms with Crippen molar-refractivity contribution in [1.29, 1.82) is 0 Å². The zero-order valence-electron chi connectivity index (χ0n) is 7.01. The average molecular weight is 153 g/mol. The Morgan fingerprint density at radius 3 is 3.45 bits per heavy atom. The van der Waals surface area contributed by atoms with Crippen molar-refractivity contribution < 1.29 is 0 Å². The molecular weight excluding hydrogens is 138 g/mol. The van der Waals surface area contributed by atoms with Crippen molar-refractivity contribution in [2.24, 2.45) is 4.99 Å². The second-order valence-corrected chi connectivity index (χ2v) is 3.44. The first kappa shape index (κ1) is 7.25. The van der Waals surface area contributed by atoms with Crippen LogP contribution in [0.25, 0.3) is 0 Å². The lowest BCUT2D eigenvalue weighted by molar-refractivity contribution is 0.295. The lowest BCUT2D eigenvalue weighted by Gasteiger charge is -2.34.